The number of hydrogen-bond donors (Lipinski definition) is 1. The fourth-order valence-electron chi connectivity index (χ4n) is 3.58. The second kappa shape index (κ2) is 10.2. The summed E-state index contributed by atoms with van der Waals surface area (Å²) in [5.74, 6) is -4.49. The van der Waals surface area contributed by atoms with Crippen LogP contribution in [0.5, 0.6) is 0 Å². The van der Waals surface area contributed by atoms with Crippen LogP contribution < -0.4 is 4.72 Å². The molecule has 4 rings (SSSR count). The lowest BCUT2D eigenvalue weighted by atomic mass is 10.0. The fraction of sp³-hybridized carbons (Fsp3) is 0.125. The molecule has 0 aliphatic rings. The highest BCUT2D eigenvalue weighted by atomic mass is 35.5. The lowest BCUT2D eigenvalue weighted by molar-refractivity contribution is 0.0964. The van der Waals surface area contributed by atoms with Gasteiger partial charge in [-0.2, -0.15) is 12.7 Å². The molecule has 13 heteroatoms. The van der Waals surface area contributed by atoms with Crippen molar-refractivity contribution in [1.29, 1.82) is 0 Å². The van der Waals surface area contributed by atoms with Crippen molar-refractivity contribution in [2.24, 2.45) is 0 Å². The van der Waals surface area contributed by atoms with Gasteiger partial charge in [-0.1, -0.05) is 36.2 Å². The van der Waals surface area contributed by atoms with Gasteiger partial charge < -0.3 is 0 Å². The third kappa shape index (κ3) is 4.82. The SMILES string of the molecule is CCN(C)S(=O)(=O)Nc1ccc(F)c(C(=O)c2cn(C(=O)c3c(Cl)cccc3Cl)c3ncccc23)c1F. The van der Waals surface area contributed by atoms with Crippen LogP contribution in [0.2, 0.25) is 10.0 Å². The number of halogens is 4. The quantitative estimate of drug-likeness (QED) is 0.312. The van der Waals surface area contributed by atoms with Gasteiger partial charge >= 0.3 is 10.2 Å². The molecule has 8 nitrogen and oxygen atoms in total. The number of ketones is 1. The highest BCUT2D eigenvalue weighted by molar-refractivity contribution is 7.90. The predicted molar refractivity (Wildman–Crippen MR) is 137 cm³/mol. The number of benzene rings is 2. The van der Waals surface area contributed by atoms with Crippen LogP contribution in [0.1, 0.15) is 33.2 Å². The fourth-order valence-corrected chi connectivity index (χ4v) is 5.07. The summed E-state index contributed by atoms with van der Waals surface area (Å²) in [7, 11) is -2.90. The minimum atomic E-state index is -4.16. The molecule has 2 heterocycles. The summed E-state index contributed by atoms with van der Waals surface area (Å²) < 4.78 is 58.8. The lowest BCUT2D eigenvalue weighted by Crippen LogP contribution is -2.32. The molecule has 0 aliphatic heterocycles. The summed E-state index contributed by atoms with van der Waals surface area (Å²) in [5.41, 5.74) is -1.91. The summed E-state index contributed by atoms with van der Waals surface area (Å²) in [6.45, 7) is 1.65. The first-order valence-corrected chi connectivity index (χ1v) is 12.9. The number of nitrogens with zero attached hydrogens (tertiary/aromatic N) is 3. The van der Waals surface area contributed by atoms with E-state index in [0.717, 1.165) is 27.2 Å². The Morgan fingerprint density at radius 1 is 1.05 bits per heavy atom. The van der Waals surface area contributed by atoms with E-state index in [4.69, 9.17) is 23.2 Å². The summed E-state index contributed by atoms with van der Waals surface area (Å²) in [5, 5.41) is 0.231. The smallest absolute Gasteiger partial charge is 0.288 e. The second-order valence-electron chi connectivity index (χ2n) is 7.82. The zero-order chi connectivity index (χ0) is 27.1. The molecule has 4 aromatic rings. The monoisotopic (exact) mass is 566 g/mol. The van der Waals surface area contributed by atoms with Crippen molar-refractivity contribution in [1.82, 2.24) is 13.9 Å². The minimum Gasteiger partial charge on any atom is -0.288 e. The Labute approximate surface area is 220 Å². The molecular formula is C24H18Cl2F2N4O4S. The molecule has 0 unspecified atom stereocenters. The molecule has 2 aromatic carbocycles. The highest BCUT2D eigenvalue weighted by Crippen LogP contribution is 2.31. The summed E-state index contributed by atoms with van der Waals surface area (Å²) in [6, 6.07) is 9.04. The molecule has 0 saturated carbocycles. The van der Waals surface area contributed by atoms with Crippen molar-refractivity contribution >= 4 is 61.8 Å². The van der Waals surface area contributed by atoms with Crippen molar-refractivity contribution in [3.05, 3.63) is 93.2 Å². The van der Waals surface area contributed by atoms with E-state index in [1.165, 1.54) is 37.5 Å². The van der Waals surface area contributed by atoms with Crippen LogP contribution in [-0.4, -0.2) is 47.6 Å². The number of aromatic nitrogens is 2. The van der Waals surface area contributed by atoms with E-state index >= 15 is 4.39 Å². The van der Waals surface area contributed by atoms with Gasteiger partial charge in [0.05, 0.1) is 32.4 Å². The van der Waals surface area contributed by atoms with E-state index in [0.29, 0.717) is 0 Å². The van der Waals surface area contributed by atoms with E-state index in [1.807, 2.05) is 4.72 Å². The Morgan fingerprint density at radius 2 is 1.73 bits per heavy atom. The Balaban J connectivity index is 1.86. The largest absolute Gasteiger partial charge is 0.301 e. The normalized spacial score (nSPS) is 11.8. The zero-order valence-electron chi connectivity index (χ0n) is 19.3. The topological polar surface area (TPSA) is 101 Å². The van der Waals surface area contributed by atoms with Gasteiger partial charge in [-0.25, -0.2) is 13.8 Å². The van der Waals surface area contributed by atoms with E-state index in [2.05, 4.69) is 4.98 Å². The highest BCUT2D eigenvalue weighted by Gasteiger charge is 2.29. The van der Waals surface area contributed by atoms with Gasteiger partial charge in [0.2, 0.25) is 5.78 Å². The van der Waals surface area contributed by atoms with Crippen LogP contribution in [0.4, 0.5) is 14.5 Å². The Kier molecular flexibility index (Phi) is 7.33. The van der Waals surface area contributed by atoms with Crippen molar-refractivity contribution in [2.75, 3.05) is 18.3 Å². The third-order valence-electron chi connectivity index (χ3n) is 5.62. The first-order chi connectivity index (χ1) is 17.5. The number of hydrogen-bond acceptors (Lipinski definition) is 5. The molecule has 2 aromatic heterocycles. The molecule has 0 amide bonds. The third-order valence-corrected chi connectivity index (χ3v) is 7.80. The molecule has 0 bridgehead atoms. The van der Waals surface area contributed by atoms with Gasteiger partial charge in [-0.15, -0.1) is 0 Å². The van der Waals surface area contributed by atoms with Gasteiger partial charge in [0.1, 0.15) is 11.5 Å². The van der Waals surface area contributed by atoms with Crippen molar-refractivity contribution in [2.45, 2.75) is 6.92 Å². The van der Waals surface area contributed by atoms with Crippen molar-refractivity contribution in [3.63, 3.8) is 0 Å². The summed E-state index contributed by atoms with van der Waals surface area (Å²) in [4.78, 5) is 30.9. The lowest BCUT2D eigenvalue weighted by Gasteiger charge is -2.17. The number of pyridine rings is 1. The average Bonchev–Trinajstić information content (AvgIpc) is 3.25. The molecule has 0 saturated heterocycles. The van der Waals surface area contributed by atoms with Crippen LogP contribution in [-0.2, 0) is 10.2 Å². The molecule has 0 atom stereocenters. The molecule has 0 radical (unpaired) electrons. The first kappa shape index (κ1) is 26.7. The maximum absolute atomic E-state index is 15.4. The van der Waals surface area contributed by atoms with Crippen molar-refractivity contribution < 1.29 is 26.8 Å². The Hall–Kier alpha value is -3.38. The van der Waals surface area contributed by atoms with Crippen LogP contribution in [0.3, 0.4) is 0 Å². The predicted octanol–water partition coefficient (Wildman–Crippen LogP) is 5.15. The molecule has 192 valence electrons. The maximum Gasteiger partial charge on any atom is 0.301 e. The number of fused-ring (bicyclic) bond motifs is 1. The van der Waals surface area contributed by atoms with Crippen LogP contribution in [0.25, 0.3) is 11.0 Å². The van der Waals surface area contributed by atoms with Crippen LogP contribution >= 0.6 is 23.2 Å². The maximum atomic E-state index is 15.4. The molecule has 37 heavy (non-hydrogen) atoms. The van der Waals surface area contributed by atoms with Gasteiger partial charge in [0.25, 0.3) is 5.91 Å². The van der Waals surface area contributed by atoms with Gasteiger partial charge in [-0.3, -0.25) is 18.9 Å². The number of nitrogens with one attached hydrogen (secondary N) is 1. The molecular weight excluding hydrogens is 549 g/mol. The van der Waals surface area contributed by atoms with E-state index in [1.54, 1.807) is 13.0 Å². The number of rotatable bonds is 7. The molecule has 0 spiro atoms. The summed E-state index contributed by atoms with van der Waals surface area (Å²) in [6.07, 6.45) is 2.46. The Morgan fingerprint density at radius 3 is 2.38 bits per heavy atom. The van der Waals surface area contributed by atoms with Crippen LogP contribution in [0, 0.1) is 11.6 Å². The van der Waals surface area contributed by atoms with E-state index in [9.17, 15) is 22.4 Å². The van der Waals surface area contributed by atoms with E-state index in [-0.39, 0.29) is 38.8 Å². The standard InChI is InChI=1S/C24H18Cl2F2N4O4S/c1-3-31(2)37(35,36)30-18-10-9-17(27)20(21(18)28)22(33)14-12-32(23-13(14)6-5-11-29-23)24(34)19-15(25)7-4-8-16(19)26/h4-12,30H,3H2,1-2H3. The number of anilines is 1. The van der Waals surface area contributed by atoms with Crippen LogP contribution in [0.15, 0.2) is 54.9 Å². The molecule has 0 aliphatic carbocycles. The average molecular weight is 567 g/mol. The zero-order valence-corrected chi connectivity index (χ0v) is 21.6. The number of carbonyl (C=O) groups is 2. The molecule has 0 fully saturated rings. The van der Waals surface area contributed by atoms with Gasteiger partial charge in [0, 0.05) is 31.4 Å². The van der Waals surface area contributed by atoms with Crippen molar-refractivity contribution in [3.8, 4) is 0 Å². The van der Waals surface area contributed by atoms with Gasteiger partial charge in [-0.05, 0) is 36.4 Å². The minimum absolute atomic E-state index is 0.0223. The second-order valence-corrected chi connectivity index (χ2v) is 10.4. The number of carbonyl (C=O) groups excluding carboxylic acids is 2. The first-order valence-electron chi connectivity index (χ1n) is 10.7. The molecule has 1 N–H and O–H groups in total. The summed E-state index contributed by atoms with van der Waals surface area (Å²) >= 11 is 12.3. The van der Waals surface area contributed by atoms with E-state index < -0.39 is 44.8 Å². The van der Waals surface area contributed by atoms with Gasteiger partial charge in [0.15, 0.2) is 5.82 Å². The Bertz CT molecular complexity index is 1650.